The lowest BCUT2D eigenvalue weighted by Crippen LogP contribution is -2.52. The topological polar surface area (TPSA) is 116 Å². The lowest BCUT2D eigenvalue weighted by molar-refractivity contribution is -0.140. The van der Waals surface area contributed by atoms with Gasteiger partial charge in [0, 0.05) is 6.54 Å². The van der Waals surface area contributed by atoms with Crippen molar-refractivity contribution in [2.45, 2.75) is 37.8 Å². The summed E-state index contributed by atoms with van der Waals surface area (Å²) in [6.45, 7) is -0.0242. The van der Waals surface area contributed by atoms with E-state index in [1.165, 1.54) is 0 Å². The van der Waals surface area contributed by atoms with Crippen molar-refractivity contribution in [3.63, 3.8) is 0 Å². The number of amides is 1. The molecule has 0 aliphatic carbocycles. The Morgan fingerprint density at radius 1 is 0.818 bits per heavy atom. The first-order valence-electron chi connectivity index (χ1n) is 10.9. The first-order valence-corrected chi connectivity index (χ1v) is 10.9. The van der Waals surface area contributed by atoms with Crippen LogP contribution in [0.1, 0.15) is 24.0 Å². The molecule has 172 valence electrons. The molecule has 1 unspecified atom stereocenters. The number of hydrogen-bond acceptors (Lipinski definition) is 4. The van der Waals surface area contributed by atoms with E-state index in [2.05, 4.69) is 10.6 Å². The molecule has 0 heterocycles. The van der Waals surface area contributed by atoms with Gasteiger partial charge in [0.2, 0.25) is 5.91 Å². The van der Waals surface area contributed by atoms with Crippen molar-refractivity contribution in [1.82, 2.24) is 10.6 Å². The van der Waals surface area contributed by atoms with E-state index in [1.54, 1.807) is 0 Å². The Hall–Kier alpha value is -3.71. The third-order valence-corrected chi connectivity index (χ3v) is 5.52. The molecule has 7 nitrogen and oxygen atoms in total. The van der Waals surface area contributed by atoms with Gasteiger partial charge in [0.15, 0.2) is 0 Å². The fourth-order valence-corrected chi connectivity index (χ4v) is 3.81. The van der Waals surface area contributed by atoms with Crippen LogP contribution in [0.4, 0.5) is 0 Å². The van der Waals surface area contributed by atoms with Crippen LogP contribution in [0.25, 0.3) is 10.8 Å². The van der Waals surface area contributed by atoms with E-state index in [4.69, 9.17) is 5.11 Å². The molecule has 0 bridgehead atoms. The summed E-state index contributed by atoms with van der Waals surface area (Å²) in [6, 6.07) is 21.4. The standard InChI is InChI=1S/C26H28N2O5/c29-24(30)15-16-27-25(31)23(17-20-11-6-10-19-9-4-5-12-21(19)20)28-22(26(32)33)14-13-18-7-2-1-3-8-18/h1-12,22-23,28H,13-17H2,(H,27,31)(H,29,30)(H,32,33)/t22?,23-/m0/s1. The van der Waals surface area contributed by atoms with E-state index in [-0.39, 0.29) is 19.4 Å². The number of benzene rings is 3. The summed E-state index contributed by atoms with van der Waals surface area (Å²) in [4.78, 5) is 35.7. The summed E-state index contributed by atoms with van der Waals surface area (Å²) in [5, 5.41) is 26.3. The molecule has 0 saturated heterocycles. The number of carbonyl (C=O) groups is 3. The predicted molar refractivity (Wildman–Crippen MR) is 126 cm³/mol. The number of nitrogens with one attached hydrogen (secondary N) is 2. The van der Waals surface area contributed by atoms with E-state index in [1.807, 2.05) is 72.8 Å². The van der Waals surface area contributed by atoms with Crippen LogP contribution in [0, 0.1) is 0 Å². The molecule has 0 aromatic heterocycles. The van der Waals surface area contributed by atoms with Crippen molar-refractivity contribution >= 4 is 28.6 Å². The molecule has 0 spiro atoms. The highest BCUT2D eigenvalue weighted by Crippen LogP contribution is 2.20. The number of aliphatic carboxylic acids is 2. The molecule has 0 aliphatic rings. The van der Waals surface area contributed by atoms with Crippen LogP contribution >= 0.6 is 0 Å². The molecule has 2 atom stereocenters. The monoisotopic (exact) mass is 448 g/mol. The Morgan fingerprint density at radius 3 is 2.24 bits per heavy atom. The van der Waals surface area contributed by atoms with Crippen molar-refractivity contribution in [1.29, 1.82) is 0 Å². The number of carbonyl (C=O) groups excluding carboxylic acids is 1. The smallest absolute Gasteiger partial charge is 0.320 e. The largest absolute Gasteiger partial charge is 0.481 e. The lowest BCUT2D eigenvalue weighted by atomic mass is 9.97. The minimum absolute atomic E-state index is 0.0242. The Labute approximate surface area is 192 Å². The summed E-state index contributed by atoms with van der Waals surface area (Å²) in [7, 11) is 0. The second kappa shape index (κ2) is 11.8. The summed E-state index contributed by atoms with van der Waals surface area (Å²) in [5.74, 6) is -2.47. The predicted octanol–water partition coefficient (Wildman–Crippen LogP) is 3.02. The van der Waals surface area contributed by atoms with E-state index < -0.39 is 29.9 Å². The van der Waals surface area contributed by atoms with Crippen molar-refractivity contribution in [3.05, 3.63) is 83.9 Å². The summed E-state index contributed by atoms with van der Waals surface area (Å²) < 4.78 is 0. The Kier molecular flexibility index (Phi) is 8.55. The Bertz CT molecular complexity index is 1090. The van der Waals surface area contributed by atoms with Gasteiger partial charge in [-0.2, -0.15) is 0 Å². The van der Waals surface area contributed by atoms with Gasteiger partial charge in [-0.1, -0.05) is 72.8 Å². The van der Waals surface area contributed by atoms with Crippen molar-refractivity contribution in [2.75, 3.05) is 6.54 Å². The SMILES string of the molecule is O=C(O)CCNC(=O)[C@H](Cc1cccc2ccccc12)NC(CCc1ccccc1)C(=O)O. The first-order chi connectivity index (χ1) is 15.9. The first kappa shape index (κ1) is 23.9. The Balaban J connectivity index is 1.79. The number of carboxylic acid groups (broad SMARTS) is 2. The van der Waals surface area contributed by atoms with Gasteiger partial charge in [0.05, 0.1) is 12.5 Å². The maximum Gasteiger partial charge on any atom is 0.320 e. The van der Waals surface area contributed by atoms with Crippen molar-refractivity contribution in [3.8, 4) is 0 Å². The second-order valence-corrected chi connectivity index (χ2v) is 7.91. The van der Waals surface area contributed by atoms with E-state index in [0.717, 1.165) is 21.9 Å². The minimum atomic E-state index is -1.04. The summed E-state index contributed by atoms with van der Waals surface area (Å²) in [5.41, 5.74) is 1.92. The van der Waals surface area contributed by atoms with Crippen LogP contribution in [-0.4, -0.2) is 46.7 Å². The Morgan fingerprint density at radius 2 is 1.52 bits per heavy atom. The zero-order valence-corrected chi connectivity index (χ0v) is 18.2. The minimum Gasteiger partial charge on any atom is -0.481 e. The van der Waals surface area contributed by atoms with Gasteiger partial charge < -0.3 is 15.5 Å². The van der Waals surface area contributed by atoms with Gasteiger partial charge in [0.1, 0.15) is 6.04 Å². The second-order valence-electron chi connectivity index (χ2n) is 7.91. The quantitative estimate of drug-likeness (QED) is 0.339. The lowest BCUT2D eigenvalue weighted by Gasteiger charge is -2.23. The maximum atomic E-state index is 12.9. The molecule has 0 fully saturated rings. The summed E-state index contributed by atoms with van der Waals surface area (Å²) >= 11 is 0. The average Bonchev–Trinajstić information content (AvgIpc) is 2.81. The third-order valence-electron chi connectivity index (χ3n) is 5.52. The molecule has 3 rings (SSSR count). The van der Waals surface area contributed by atoms with Gasteiger partial charge >= 0.3 is 11.9 Å². The fraction of sp³-hybridized carbons (Fsp3) is 0.269. The third kappa shape index (κ3) is 7.15. The molecule has 33 heavy (non-hydrogen) atoms. The van der Waals surface area contributed by atoms with Gasteiger partial charge in [-0.3, -0.25) is 19.7 Å². The van der Waals surface area contributed by atoms with Crippen LogP contribution < -0.4 is 10.6 Å². The van der Waals surface area contributed by atoms with E-state index >= 15 is 0 Å². The fourth-order valence-electron chi connectivity index (χ4n) is 3.81. The molecular weight excluding hydrogens is 420 g/mol. The van der Waals surface area contributed by atoms with Gasteiger partial charge in [-0.25, -0.2) is 0 Å². The average molecular weight is 449 g/mol. The van der Waals surface area contributed by atoms with Crippen molar-refractivity contribution < 1.29 is 24.6 Å². The number of hydrogen-bond donors (Lipinski definition) is 4. The zero-order chi connectivity index (χ0) is 23.6. The van der Waals surface area contributed by atoms with Crippen LogP contribution in [0.5, 0.6) is 0 Å². The molecule has 3 aromatic rings. The van der Waals surface area contributed by atoms with Crippen LogP contribution in [0.2, 0.25) is 0 Å². The number of carboxylic acids is 2. The van der Waals surface area contributed by atoms with E-state index in [0.29, 0.717) is 12.8 Å². The molecule has 1 amide bonds. The van der Waals surface area contributed by atoms with Crippen LogP contribution in [-0.2, 0) is 27.2 Å². The molecule has 4 N–H and O–H groups in total. The van der Waals surface area contributed by atoms with Crippen LogP contribution in [0.15, 0.2) is 72.8 Å². The highest BCUT2D eigenvalue weighted by molar-refractivity contribution is 5.88. The molecule has 0 saturated carbocycles. The molecule has 7 heteroatoms. The highest BCUT2D eigenvalue weighted by Gasteiger charge is 2.27. The number of aryl methyl sites for hydroxylation is 1. The number of fused-ring (bicyclic) bond motifs is 1. The zero-order valence-electron chi connectivity index (χ0n) is 18.2. The molecule has 3 aromatic carbocycles. The van der Waals surface area contributed by atoms with Crippen molar-refractivity contribution in [2.24, 2.45) is 0 Å². The molecular formula is C26H28N2O5. The maximum absolute atomic E-state index is 12.9. The normalized spacial score (nSPS) is 12.7. The summed E-state index contributed by atoms with van der Waals surface area (Å²) in [6.07, 6.45) is 0.929. The number of rotatable bonds is 12. The van der Waals surface area contributed by atoms with Gasteiger partial charge in [0.25, 0.3) is 0 Å². The van der Waals surface area contributed by atoms with Gasteiger partial charge in [-0.05, 0) is 41.2 Å². The molecule has 0 aliphatic heterocycles. The van der Waals surface area contributed by atoms with E-state index in [9.17, 15) is 19.5 Å². The van der Waals surface area contributed by atoms with Crippen LogP contribution in [0.3, 0.4) is 0 Å². The van der Waals surface area contributed by atoms with Gasteiger partial charge in [-0.15, -0.1) is 0 Å². The highest BCUT2D eigenvalue weighted by atomic mass is 16.4. The molecule has 0 radical (unpaired) electrons.